The summed E-state index contributed by atoms with van der Waals surface area (Å²) in [5.41, 5.74) is 0. The number of carbonyl (C=O) groups excluding carboxylic acids is 4. The number of phosphoric acid groups is 2. The van der Waals surface area contributed by atoms with Crippen LogP contribution in [0, 0.1) is 11.8 Å². The predicted molar refractivity (Wildman–Crippen MR) is 400 cm³/mol. The van der Waals surface area contributed by atoms with Crippen molar-refractivity contribution in [1.82, 2.24) is 0 Å². The molecule has 0 spiro atoms. The van der Waals surface area contributed by atoms with Crippen molar-refractivity contribution in [2.45, 2.75) is 432 Å². The van der Waals surface area contributed by atoms with E-state index >= 15 is 0 Å². The lowest BCUT2D eigenvalue weighted by atomic mass is 10.0. The molecule has 3 N–H and O–H groups in total. The molecule has 0 bridgehead atoms. The lowest BCUT2D eigenvalue weighted by molar-refractivity contribution is -0.161. The molecule has 0 aromatic carbocycles. The Balaban J connectivity index is 5.23. The molecular formula is C79H154O17P2. The average Bonchev–Trinajstić information content (AvgIpc) is 0.959. The summed E-state index contributed by atoms with van der Waals surface area (Å²) in [4.78, 5) is 72.9. The molecule has 0 aliphatic heterocycles. The van der Waals surface area contributed by atoms with Crippen LogP contribution < -0.4 is 0 Å². The first-order chi connectivity index (χ1) is 47.4. The molecule has 0 radical (unpaired) electrons. The first-order valence-corrected chi connectivity index (χ1v) is 44.0. The summed E-state index contributed by atoms with van der Waals surface area (Å²) in [6, 6.07) is 0. The van der Waals surface area contributed by atoms with Crippen LogP contribution in [0.15, 0.2) is 0 Å². The number of carbonyl (C=O) groups is 4. The van der Waals surface area contributed by atoms with Crippen LogP contribution in [0.3, 0.4) is 0 Å². The Labute approximate surface area is 600 Å². The number of esters is 4. The Morgan fingerprint density at radius 2 is 0.469 bits per heavy atom. The van der Waals surface area contributed by atoms with Gasteiger partial charge in [-0.3, -0.25) is 37.3 Å². The van der Waals surface area contributed by atoms with Crippen molar-refractivity contribution < 1.29 is 80.2 Å². The second-order valence-electron chi connectivity index (χ2n) is 29.4. The van der Waals surface area contributed by atoms with E-state index in [-0.39, 0.29) is 25.7 Å². The number of phosphoric ester groups is 2. The van der Waals surface area contributed by atoms with Crippen LogP contribution in [0.25, 0.3) is 0 Å². The molecule has 17 nitrogen and oxygen atoms in total. The van der Waals surface area contributed by atoms with Gasteiger partial charge in [0.2, 0.25) is 0 Å². The summed E-state index contributed by atoms with van der Waals surface area (Å²) in [6.07, 6.45) is 59.6. The van der Waals surface area contributed by atoms with E-state index in [1.165, 1.54) is 231 Å². The maximum Gasteiger partial charge on any atom is 0.472 e. The lowest BCUT2D eigenvalue weighted by Gasteiger charge is -2.21. The monoisotopic (exact) mass is 1440 g/mol. The van der Waals surface area contributed by atoms with Gasteiger partial charge in [-0.2, -0.15) is 0 Å². The number of rotatable bonds is 78. The molecule has 98 heavy (non-hydrogen) atoms. The van der Waals surface area contributed by atoms with E-state index in [1.807, 2.05) is 0 Å². The standard InChI is InChI=1S/C79H154O17P2/c1-7-9-11-13-15-17-19-21-22-23-24-25-26-27-29-31-39-46-52-58-64-79(84)95-74(67-89-76(81)61-55-49-43-37-33-32-35-41-47-53-59-71(3)4)69-93-97(85,86)91-65-73(80)66-92-98(87,88)94-70-75(68-90-77(82)62-56-50-44-40-34-36-42-48-54-60-72(5)6)96-78(83)63-57-51-45-38-30-28-20-18-16-14-12-10-8-2/h71-75,80H,7-70H2,1-6H3,(H,85,86)(H,87,88)/t73-,74-,75-/m1/s1. The summed E-state index contributed by atoms with van der Waals surface area (Å²) < 4.78 is 68.6. The minimum absolute atomic E-state index is 0.107. The first-order valence-electron chi connectivity index (χ1n) is 41.0. The molecule has 0 aliphatic carbocycles. The van der Waals surface area contributed by atoms with Gasteiger partial charge in [-0.25, -0.2) is 9.13 Å². The number of aliphatic hydroxyl groups is 1. The fourth-order valence-corrected chi connectivity index (χ4v) is 13.8. The highest BCUT2D eigenvalue weighted by Crippen LogP contribution is 2.45. The highest BCUT2D eigenvalue weighted by molar-refractivity contribution is 7.47. The highest BCUT2D eigenvalue weighted by atomic mass is 31.2. The Morgan fingerprint density at radius 1 is 0.276 bits per heavy atom. The largest absolute Gasteiger partial charge is 0.472 e. The lowest BCUT2D eigenvalue weighted by Crippen LogP contribution is -2.30. The fraction of sp³-hybridized carbons (Fsp3) is 0.949. The summed E-state index contributed by atoms with van der Waals surface area (Å²) in [7, 11) is -9.92. The normalized spacial score (nSPS) is 13.9. The summed E-state index contributed by atoms with van der Waals surface area (Å²) in [5, 5.41) is 10.6. The van der Waals surface area contributed by atoms with Crippen LogP contribution in [-0.2, 0) is 65.4 Å². The van der Waals surface area contributed by atoms with Crippen molar-refractivity contribution in [2.24, 2.45) is 11.8 Å². The van der Waals surface area contributed by atoms with Gasteiger partial charge in [0.25, 0.3) is 0 Å². The molecule has 0 aromatic rings. The number of ether oxygens (including phenoxy) is 4. The van der Waals surface area contributed by atoms with Gasteiger partial charge in [0, 0.05) is 25.7 Å². The zero-order valence-electron chi connectivity index (χ0n) is 64.1. The molecule has 0 fully saturated rings. The van der Waals surface area contributed by atoms with Gasteiger partial charge in [-0.05, 0) is 37.5 Å². The van der Waals surface area contributed by atoms with Gasteiger partial charge >= 0.3 is 39.5 Å². The number of aliphatic hydroxyl groups excluding tert-OH is 1. The van der Waals surface area contributed by atoms with E-state index in [1.54, 1.807) is 0 Å². The van der Waals surface area contributed by atoms with E-state index < -0.39 is 97.5 Å². The van der Waals surface area contributed by atoms with Crippen LogP contribution in [0.4, 0.5) is 0 Å². The third kappa shape index (κ3) is 72.4. The van der Waals surface area contributed by atoms with Crippen molar-refractivity contribution in [3.8, 4) is 0 Å². The third-order valence-electron chi connectivity index (χ3n) is 18.5. The molecule has 0 saturated carbocycles. The Hall–Kier alpha value is -1.94. The zero-order valence-corrected chi connectivity index (χ0v) is 65.9. The Bertz CT molecular complexity index is 1890. The molecule has 0 aliphatic rings. The van der Waals surface area contributed by atoms with Gasteiger partial charge < -0.3 is 33.8 Å². The molecule has 0 amide bonds. The number of hydrogen-bond donors (Lipinski definition) is 3. The molecule has 0 aromatic heterocycles. The molecule has 582 valence electrons. The Morgan fingerprint density at radius 3 is 0.694 bits per heavy atom. The van der Waals surface area contributed by atoms with E-state index in [4.69, 9.17) is 37.0 Å². The Kier molecular flexibility index (Phi) is 69.3. The SMILES string of the molecule is CCCCCCCCCCCCCCCCCCCCCCC(=O)O[C@H](COC(=O)CCCCCCCCCCCCC(C)C)COP(=O)(O)OC[C@@H](O)COP(=O)(O)OC[C@@H](COC(=O)CCCCCCCCCCCC(C)C)OC(=O)CCCCCCCCCCCCCCC. The van der Waals surface area contributed by atoms with Gasteiger partial charge in [0.1, 0.15) is 19.3 Å². The topological polar surface area (TPSA) is 237 Å². The molecule has 2 unspecified atom stereocenters. The maximum atomic E-state index is 13.1. The van der Waals surface area contributed by atoms with Crippen LogP contribution in [0.5, 0.6) is 0 Å². The van der Waals surface area contributed by atoms with Crippen molar-refractivity contribution in [1.29, 1.82) is 0 Å². The minimum Gasteiger partial charge on any atom is -0.462 e. The van der Waals surface area contributed by atoms with E-state index in [2.05, 4.69) is 41.5 Å². The molecule has 0 heterocycles. The quantitative estimate of drug-likeness (QED) is 0.0222. The minimum atomic E-state index is -4.96. The maximum absolute atomic E-state index is 13.1. The summed E-state index contributed by atoms with van der Waals surface area (Å²) in [5.74, 6) is -0.608. The van der Waals surface area contributed by atoms with E-state index in [9.17, 15) is 43.2 Å². The van der Waals surface area contributed by atoms with Gasteiger partial charge in [0.15, 0.2) is 12.2 Å². The van der Waals surface area contributed by atoms with Gasteiger partial charge in [-0.15, -0.1) is 0 Å². The van der Waals surface area contributed by atoms with E-state index in [0.717, 1.165) is 102 Å². The van der Waals surface area contributed by atoms with E-state index in [0.29, 0.717) is 25.7 Å². The van der Waals surface area contributed by atoms with Crippen molar-refractivity contribution >= 4 is 39.5 Å². The van der Waals surface area contributed by atoms with Crippen LogP contribution in [-0.4, -0.2) is 96.7 Å². The van der Waals surface area contributed by atoms with Crippen molar-refractivity contribution in [3.63, 3.8) is 0 Å². The molecular weight excluding hydrogens is 1280 g/mol. The smallest absolute Gasteiger partial charge is 0.462 e. The molecule has 0 rings (SSSR count). The fourth-order valence-electron chi connectivity index (χ4n) is 12.2. The number of unbranched alkanes of at least 4 members (excludes halogenated alkanes) is 48. The molecule has 19 heteroatoms. The second kappa shape index (κ2) is 70.7. The first kappa shape index (κ1) is 96.1. The predicted octanol–water partition coefficient (Wildman–Crippen LogP) is 23.5. The average molecular weight is 1440 g/mol. The molecule has 5 atom stereocenters. The van der Waals surface area contributed by atoms with Crippen LogP contribution in [0.1, 0.15) is 414 Å². The number of hydrogen-bond acceptors (Lipinski definition) is 15. The second-order valence-corrected chi connectivity index (χ2v) is 32.3. The van der Waals surface area contributed by atoms with Crippen LogP contribution >= 0.6 is 15.6 Å². The van der Waals surface area contributed by atoms with Gasteiger partial charge in [-0.1, -0.05) is 363 Å². The summed E-state index contributed by atoms with van der Waals surface area (Å²) in [6.45, 7) is 9.60. The van der Waals surface area contributed by atoms with Gasteiger partial charge in [0.05, 0.1) is 26.4 Å². The molecule has 0 saturated heterocycles. The van der Waals surface area contributed by atoms with Crippen molar-refractivity contribution in [2.75, 3.05) is 39.6 Å². The van der Waals surface area contributed by atoms with Crippen LogP contribution in [0.2, 0.25) is 0 Å². The van der Waals surface area contributed by atoms with Crippen molar-refractivity contribution in [3.05, 3.63) is 0 Å². The highest BCUT2D eigenvalue weighted by Gasteiger charge is 2.30. The summed E-state index contributed by atoms with van der Waals surface area (Å²) >= 11 is 0. The third-order valence-corrected chi connectivity index (χ3v) is 20.4. The zero-order chi connectivity index (χ0) is 72.1.